The molecule has 2 N–H and O–H groups in total. The Kier molecular flexibility index (Phi) is 5.13. The van der Waals surface area contributed by atoms with E-state index in [9.17, 15) is 0 Å². The molecule has 4 nitrogen and oxygen atoms in total. The zero-order valence-electron chi connectivity index (χ0n) is 11.6. The Labute approximate surface area is 118 Å². The lowest BCUT2D eigenvalue weighted by Gasteiger charge is -2.21. The van der Waals surface area contributed by atoms with Gasteiger partial charge in [0, 0.05) is 25.3 Å². The molecule has 0 aromatic carbocycles. The van der Waals surface area contributed by atoms with Gasteiger partial charge >= 0.3 is 0 Å². The first kappa shape index (κ1) is 14.2. The normalized spacial score (nSPS) is 13.1. The molecule has 0 aliphatic heterocycles. The number of nitrogens with one attached hydrogen (secondary N) is 2. The molecular weight excluding hydrogens is 258 g/mol. The van der Waals surface area contributed by atoms with Gasteiger partial charge in [-0.1, -0.05) is 19.9 Å². The van der Waals surface area contributed by atoms with E-state index in [1.54, 1.807) is 18.4 Å². The van der Waals surface area contributed by atoms with Crippen molar-refractivity contribution >= 4 is 11.3 Å². The maximum Gasteiger partial charge on any atom is 0.0794 e. The van der Waals surface area contributed by atoms with Crippen LogP contribution in [-0.2, 0) is 11.3 Å². The fraction of sp³-hybridized carbons (Fsp3) is 0.500. The molecule has 0 bridgehead atoms. The summed E-state index contributed by atoms with van der Waals surface area (Å²) in [6.45, 7) is 5.93. The van der Waals surface area contributed by atoms with Gasteiger partial charge in [-0.25, -0.2) is 0 Å². The molecule has 0 aliphatic carbocycles. The van der Waals surface area contributed by atoms with E-state index in [0.717, 1.165) is 18.8 Å². The maximum atomic E-state index is 5.25. The predicted molar refractivity (Wildman–Crippen MR) is 79.2 cm³/mol. The second-order valence-corrected chi connectivity index (χ2v) is 5.88. The molecule has 1 unspecified atom stereocenters. The van der Waals surface area contributed by atoms with Crippen LogP contribution in [0.3, 0.4) is 0 Å². The van der Waals surface area contributed by atoms with Crippen LogP contribution in [0.1, 0.15) is 19.4 Å². The number of hydrogen-bond acceptors (Lipinski definition) is 4. The van der Waals surface area contributed by atoms with Gasteiger partial charge in [0.1, 0.15) is 0 Å². The lowest BCUT2D eigenvalue weighted by Crippen LogP contribution is -2.37. The van der Waals surface area contributed by atoms with E-state index < -0.39 is 0 Å². The Morgan fingerprint density at radius 3 is 2.95 bits per heavy atom. The van der Waals surface area contributed by atoms with Crippen molar-refractivity contribution in [2.24, 2.45) is 5.92 Å². The molecule has 2 aromatic rings. The van der Waals surface area contributed by atoms with Gasteiger partial charge in [0.25, 0.3) is 0 Å². The summed E-state index contributed by atoms with van der Waals surface area (Å²) in [7, 11) is 1.74. The molecule has 19 heavy (non-hydrogen) atoms. The van der Waals surface area contributed by atoms with Crippen molar-refractivity contribution in [2.75, 3.05) is 13.7 Å². The first-order chi connectivity index (χ1) is 9.22. The third-order valence-electron chi connectivity index (χ3n) is 3.19. The van der Waals surface area contributed by atoms with Crippen molar-refractivity contribution < 1.29 is 4.74 Å². The fourth-order valence-electron chi connectivity index (χ4n) is 1.99. The second-order valence-electron chi connectivity index (χ2n) is 4.93. The number of aromatic amines is 1. The van der Waals surface area contributed by atoms with Crippen LogP contribution >= 0.6 is 11.3 Å². The quantitative estimate of drug-likeness (QED) is 0.819. The van der Waals surface area contributed by atoms with E-state index in [1.807, 2.05) is 6.20 Å². The Morgan fingerprint density at radius 2 is 2.32 bits per heavy atom. The largest absolute Gasteiger partial charge is 0.383 e. The number of nitrogens with zero attached hydrogens (tertiary/aromatic N) is 1. The zero-order chi connectivity index (χ0) is 13.7. The fourth-order valence-corrected chi connectivity index (χ4v) is 2.74. The lowest BCUT2D eigenvalue weighted by atomic mass is 10.0. The van der Waals surface area contributed by atoms with Crippen LogP contribution in [0.25, 0.3) is 10.6 Å². The number of H-pyrrole nitrogens is 1. The molecular formula is C14H21N3OS. The van der Waals surface area contributed by atoms with Crippen LogP contribution in [0.2, 0.25) is 0 Å². The summed E-state index contributed by atoms with van der Waals surface area (Å²) in [6.07, 6.45) is 1.90. The Hall–Kier alpha value is -1.17. The highest BCUT2D eigenvalue weighted by molar-refractivity contribution is 7.13. The van der Waals surface area contributed by atoms with Crippen molar-refractivity contribution in [1.82, 2.24) is 15.5 Å². The minimum atomic E-state index is 0.357. The monoisotopic (exact) mass is 279 g/mol. The molecule has 0 aliphatic rings. The molecule has 1 atom stereocenters. The van der Waals surface area contributed by atoms with Crippen LogP contribution < -0.4 is 5.32 Å². The summed E-state index contributed by atoms with van der Waals surface area (Å²) in [5.41, 5.74) is 2.31. The summed E-state index contributed by atoms with van der Waals surface area (Å²) in [6, 6.07) is 4.52. The molecule has 0 radical (unpaired) electrons. The first-order valence-electron chi connectivity index (χ1n) is 6.50. The zero-order valence-corrected chi connectivity index (χ0v) is 12.5. The SMILES string of the molecule is COCC(NCc1cn[nH]c1-c1cccs1)C(C)C. The smallest absolute Gasteiger partial charge is 0.0794 e. The molecule has 104 valence electrons. The molecule has 2 rings (SSSR count). The molecule has 5 heteroatoms. The molecule has 2 heterocycles. The maximum absolute atomic E-state index is 5.25. The lowest BCUT2D eigenvalue weighted by molar-refractivity contribution is 0.146. The Morgan fingerprint density at radius 1 is 1.47 bits per heavy atom. The van der Waals surface area contributed by atoms with Crippen LogP contribution in [0.5, 0.6) is 0 Å². The van der Waals surface area contributed by atoms with Gasteiger partial charge in [-0.05, 0) is 17.4 Å². The number of thiophene rings is 1. The van der Waals surface area contributed by atoms with Gasteiger partial charge in [-0.3, -0.25) is 5.10 Å². The molecule has 0 fully saturated rings. The Balaban J connectivity index is 2.02. The summed E-state index contributed by atoms with van der Waals surface area (Å²) in [5.74, 6) is 0.539. The van der Waals surface area contributed by atoms with E-state index in [2.05, 4.69) is 46.9 Å². The van der Waals surface area contributed by atoms with Crippen molar-refractivity contribution in [2.45, 2.75) is 26.4 Å². The highest BCUT2D eigenvalue weighted by Gasteiger charge is 2.14. The number of hydrogen-bond donors (Lipinski definition) is 2. The molecule has 2 aromatic heterocycles. The third-order valence-corrected chi connectivity index (χ3v) is 4.08. The van der Waals surface area contributed by atoms with E-state index >= 15 is 0 Å². The second kappa shape index (κ2) is 6.84. The molecule has 0 saturated heterocycles. The minimum Gasteiger partial charge on any atom is -0.383 e. The summed E-state index contributed by atoms with van der Waals surface area (Å²) < 4.78 is 5.25. The molecule has 0 spiro atoms. The van der Waals surface area contributed by atoms with Crippen LogP contribution in [0.4, 0.5) is 0 Å². The van der Waals surface area contributed by atoms with E-state index in [0.29, 0.717) is 12.0 Å². The van der Waals surface area contributed by atoms with Gasteiger partial charge in [-0.15, -0.1) is 11.3 Å². The van der Waals surface area contributed by atoms with E-state index in [4.69, 9.17) is 4.74 Å². The highest BCUT2D eigenvalue weighted by atomic mass is 32.1. The van der Waals surface area contributed by atoms with Crippen molar-refractivity contribution in [3.8, 4) is 10.6 Å². The third kappa shape index (κ3) is 3.65. The summed E-state index contributed by atoms with van der Waals surface area (Å²) >= 11 is 1.72. The minimum absolute atomic E-state index is 0.357. The van der Waals surface area contributed by atoms with Gasteiger partial charge in [0.2, 0.25) is 0 Å². The number of methoxy groups -OCH3 is 1. The number of rotatable bonds is 7. The van der Waals surface area contributed by atoms with E-state index in [-0.39, 0.29) is 0 Å². The predicted octanol–water partition coefficient (Wildman–Crippen LogP) is 2.90. The number of aromatic nitrogens is 2. The summed E-state index contributed by atoms with van der Waals surface area (Å²) in [5, 5.41) is 12.9. The summed E-state index contributed by atoms with van der Waals surface area (Å²) in [4.78, 5) is 1.22. The van der Waals surface area contributed by atoms with Crippen molar-refractivity contribution in [3.63, 3.8) is 0 Å². The van der Waals surface area contributed by atoms with Gasteiger partial charge in [-0.2, -0.15) is 5.10 Å². The first-order valence-corrected chi connectivity index (χ1v) is 7.38. The molecule has 0 saturated carbocycles. The number of ether oxygens (including phenoxy) is 1. The van der Waals surface area contributed by atoms with Gasteiger partial charge < -0.3 is 10.1 Å². The van der Waals surface area contributed by atoms with Gasteiger partial charge in [0.05, 0.1) is 23.4 Å². The molecule has 0 amide bonds. The average Bonchev–Trinajstić information content (AvgIpc) is 3.03. The van der Waals surface area contributed by atoms with Crippen LogP contribution in [-0.4, -0.2) is 30.0 Å². The van der Waals surface area contributed by atoms with E-state index in [1.165, 1.54) is 10.4 Å². The standard InChI is InChI=1S/C14H21N3OS/c1-10(2)12(9-18-3)15-7-11-8-16-17-14(11)13-5-4-6-19-13/h4-6,8,10,12,15H,7,9H2,1-3H3,(H,16,17). The van der Waals surface area contributed by atoms with Crippen LogP contribution in [0, 0.1) is 5.92 Å². The highest BCUT2D eigenvalue weighted by Crippen LogP contribution is 2.25. The van der Waals surface area contributed by atoms with Crippen molar-refractivity contribution in [3.05, 3.63) is 29.3 Å². The Bertz CT molecular complexity index is 479. The van der Waals surface area contributed by atoms with Gasteiger partial charge in [0.15, 0.2) is 0 Å². The van der Waals surface area contributed by atoms with Crippen molar-refractivity contribution in [1.29, 1.82) is 0 Å². The van der Waals surface area contributed by atoms with Crippen LogP contribution in [0.15, 0.2) is 23.7 Å². The topological polar surface area (TPSA) is 49.9 Å². The average molecular weight is 279 g/mol.